The van der Waals surface area contributed by atoms with E-state index < -0.39 is 6.09 Å². The number of halogens is 1. The van der Waals surface area contributed by atoms with Gasteiger partial charge in [-0.05, 0) is 26.9 Å². The summed E-state index contributed by atoms with van der Waals surface area (Å²) in [6.07, 6.45) is 2.42. The standard InChI is InChI=1S/C9H20N2O2.ClH/c1-4-5-8(11(2)3)6-7-13-9(10)12;/h8H,4-7H2,1-3H3,(H2,10,12);1H. The molecule has 1 unspecified atom stereocenters. The Labute approximate surface area is 92.2 Å². The Morgan fingerprint density at radius 2 is 2.00 bits per heavy atom. The van der Waals surface area contributed by atoms with Crippen LogP contribution in [-0.4, -0.2) is 37.7 Å². The van der Waals surface area contributed by atoms with E-state index in [2.05, 4.69) is 16.6 Å². The molecule has 0 fully saturated rings. The van der Waals surface area contributed by atoms with Gasteiger partial charge in [-0.1, -0.05) is 13.3 Å². The van der Waals surface area contributed by atoms with Crippen LogP contribution in [0.1, 0.15) is 26.2 Å². The Hall–Kier alpha value is -0.480. The summed E-state index contributed by atoms with van der Waals surface area (Å²) in [5.74, 6) is 0. The molecule has 0 bridgehead atoms. The lowest BCUT2D eigenvalue weighted by molar-refractivity contribution is 0.138. The number of ether oxygens (including phenoxy) is 1. The van der Waals surface area contributed by atoms with E-state index >= 15 is 0 Å². The third-order valence-electron chi connectivity index (χ3n) is 2.05. The third kappa shape index (κ3) is 8.13. The summed E-state index contributed by atoms with van der Waals surface area (Å²) in [6, 6.07) is 0.476. The molecule has 4 nitrogen and oxygen atoms in total. The zero-order valence-electron chi connectivity index (χ0n) is 9.16. The molecule has 1 atom stereocenters. The molecule has 0 aliphatic carbocycles. The Morgan fingerprint density at radius 3 is 2.36 bits per heavy atom. The topological polar surface area (TPSA) is 55.6 Å². The molecule has 0 saturated heterocycles. The number of primary amides is 1. The lowest BCUT2D eigenvalue weighted by Crippen LogP contribution is -2.29. The minimum absolute atomic E-state index is 0. The Kier molecular flexibility index (Phi) is 10.4. The lowest BCUT2D eigenvalue weighted by atomic mass is 10.1. The van der Waals surface area contributed by atoms with Gasteiger partial charge in [0, 0.05) is 6.04 Å². The number of hydrogen-bond acceptors (Lipinski definition) is 3. The van der Waals surface area contributed by atoms with Crippen LogP contribution in [0.15, 0.2) is 0 Å². The fourth-order valence-electron chi connectivity index (χ4n) is 1.29. The second-order valence-corrected chi connectivity index (χ2v) is 3.36. The zero-order valence-corrected chi connectivity index (χ0v) is 9.97. The maximum absolute atomic E-state index is 10.3. The summed E-state index contributed by atoms with van der Waals surface area (Å²) in [5, 5.41) is 0. The molecule has 2 N–H and O–H groups in total. The maximum Gasteiger partial charge on any atom is 0.404 e. The van der Waals surface area contributed by atoms with Gasteiger partial charge in [0.2, 0.25) is 0 Å². The molecule has 0 aromatic rings. The van der Waals surface area contributed by atoms with Gasteiger partial charge in [-0.25, -0.2) is 4.79 Å². The first kappa shape index (κ1) is 16.0. The largest absolute Gasteiger partial charge is 0.450 e. The van der Waals surface area contributed by atoms with Crippen molar-refractivity contribution in [1.82, 2.24) is 4.90 Å². The van der Waals surface area contributed by atoms with Gasteiger partial charge in [-0.2, -0.15) is 0 Å². The van der Waals surface area contributed by atoms with E-state index in [1.807, 2.05) is 14.1 Å². The van der Waals surface area contributed by atoms with Crippen molar-refractivity contribution >= 4 is 18.5 Å². The van der Waals surface area contributed by atoms with Crippen molar-refractivity contribution in [2.24, 2.45) is 5.73 Å². The molecule has 0 rings (SSSR count). The van der Waals surface area contributed by atoms with Gasteiger partial charge in [-0.3, -0.25) is 0 Å². The van der Waals surface area contributed by atoms with E-state index in [1.165, 1.54) is 0 Å². The Bertz CT molecular complexity index is 154. The summed E-state index contributed by atoms with van der Waals surface area (Å²) >= 11 is 0. The number of hydrogen-bond donors (Lipinski definition) is 1. The maximum atomic E-state index is 10.3. The molecule has 1 amide bonds. The van der Waals surface area contributed by atoms with E-state index in [1.54, 1.807) is 0 Å². The molecular weight excluding hydrogens is 204 g/mol. The summed E-state index contributed by atoms with van der Waals surface area (Å²) < 4.78 is 4.68. The predicted octanol–water partition coefficient (Wildman–Crippen LogP) is 1.62. The molecule has 0 saturated carbocycles. The quantitative estimate of drug-likeness (QED) is 0.746. The summed E-state index contributed by atoms with van der Waals surface area (Å²) in [6.45, 7) is 2.56. The number of amides is 1. The minimum atomic E-state index is -0.686. The van der Waals surface area contributed by atoms with Crippen molar-refractivity contribution in [3.05, 3.63) is 0 Å². The fraction of sp³-hybridized carbons (Fsp3) is 0.889. The van der Waals surface area contributed by atoms with Crippen LogP contribution >= 0.6 is 12.4 Å². The normalized spacial score (nSPS) is 12.0. The molecule has 0 aliphatic heterocycles. The summed E-state index contributed by atoms with van der Waals surface area (Å²) in [4.78, 5) is 12.4. The zero-order chi connectivity index (χ0) is 10.3. The molecule has 0 heterocycles. The van der Waals surface area contributed by atoms with Crippen molar-refractivity contribution in [1.29, 1.82) is 0 Å². The molecule has 86 valence electrons. The van der Waals surface area contributed by atoms with E-state index in [-0.39, 0.29) is 12.4 Å². The molecule has 14 heavy (non-hydrogen) atoms. The van der Waals surface area contributed by atoms with Crippen LogP contribution in [0.2, 0.25) is 0 Å². The first-order valence-corrected chi connectivity index (χ1v) is 4.66. The highest BCUT2D eigenvalue weighted by molar-refractivity contribution is 5.85. The number of rotatable bonds is 6. The van der Waals surface area contributed by atoms with Crippen LogP contribution in [-0.2, 0) is 4.74 Å². The van der Waals surface area contributed by atoms with Gasteiger partial charge in [-0.15, -0.1) is 12.4 Å². The lowest BCUT2D eigenvalue weighted by Gasteiger charge is -2.23. The smallest absolute Gasteiger partial charge is 0.404 e. The first-order chi connectivity index (χ1) is 6.07. The Balaban J connectivity index is 0. The first-order valence-electron chi connectivity index (χ1n) is 4.66. The Morgan fingerprint density at radius 1 is 1.43 bits per heavy atom. The molecule has 0 aliphatic rings. The second-order valence-electron chi connectivity index (χ2n) is 3.36. The van der Waals surface area contributed by atoms with Gasteiger partial charge < -0.3 is 15.4 Å². The van der Waals surface area contributed by atoms with Gasteiger partial charge in [0.1, 0.15) is 0 Å². The van der Waals surface area contributed by atoms with Crippen molar-refractivity contribution in [2.75, 3.05) is 20.7 Å². The van der Waals surface area contributed by atoms with Crippen LogP contribution in [0.3, 0.4) is 0 Å². The number of carbonyl (C=O) groups is 1. The highest BCUT2D eigenvalue weighted by Crippen LogP contribution is 2.07. The van der Waals surface area contributed by atoms with Crippen LogP contribution < -0.4 is 5.73 Å². The van der Waals surface area contributed by atoms with Gasteiger partial charge in [0.15, 0.2) is 0 Å². The highest BCUT2D eigenvalue weighted by Gasteiger charge is 2.10. The van der Waals surface area contributed by atoms with E-state index in [0.29, 0.717) is 12.6 Å². The van der Waals surface area contributed by atoms with Crippen molar-refractivity contribution in [3.63, 3.8) is 0 Å². The minimum Gasteiger partial charge on any atom is -0.450 e. The SMILES string of the molecule is CCCC(CCOC(N)=O)N(C)C.Cl. The monoisotopic (exact) mass is 224 g/mol. The molecule has 0 radical (unpaired) electrons. The van der Waals surface area contributed by atoms with Crippen molar-refractivity contribution < 1.29 is 9.53 Å². The molecule has 5 heteroatoms. The van der Waals surface area contributed by atoms with Gasteiger partial charge in [0.25, 0.3) is 0 Å². The number of carbonyl (C=O) groups excluding carboxylic acids is 1. The average molecular weight is 225 g/mol. The fourth-order valence-corrected chi connectivity index (χ4v) is 1.29. The van der Waals surface area contributed by atoms with Crippen LogP contribution in [0.4, 0.5) is 4.79 Å². The number of nitrogens with zero attached hydrogens (tertiary/aromatic N) is 1. The van der Waals surface area contributed by atoms with Crippen molar-refractivity contribution in [2.45, 2.75) is 32.2 Å². The van der Waals surface area contributed by atoms with E-state index in [4.69, 9.17) is 5.73 Å². The number of nitrogens with two attached hydrogens (primary N) is 1. The predicted molar refractivity (Wildman–Crippen MR) is 59.8 cm³/mol. The summed E-state index contributed by atoms with van der Waals surface area (Å²) in [5.41, 5.74) is 4.85. The van der Waals surface area contributed by atoms with Crippen LogP contribution in [0.25, 0.3) is 0 Å². The van der Waals surface area contributed by atoms with Gasteiger partial charge >= 0.3 is 6.09 Å². The molecular formula is C9H21ClN2O2. The molecule has 0 aromatic heterocycles. The van der Waals surface area contributed by atoms with E-state index in [0.717, 1.165) is 19.3 Å². The summed E-state index contributed by atoms with van der Waals surface area (Å²) in [7, 11) is 4.06. The van der Waals surface area contributed by atoms with Crippen molar-refractivity contribution in [3.8, 4) is 0 Å². The van der Waals surface area contributed by atoms with Crippen LogP contribution in [0, 0.1) is 0 Å². The third-order valence-corrected chi connectivity index (χ3v) is 2.05. The van der Waals surface area contributed by atoms with E-state index in [9.17, 15) is 4.79 Å². The van der Waals surface area contributed by atoms with Crippen LogP contribution in [0.5, 0.6) is 0 Å². The molecule has 0 aromatic carbocycles. The highest BCUT2D eigenvalue weighted by atomic mass is 35.5. The molecule has 0 spiro atoms. The van der Waals surface area contributed by atoms with Gasteiger partial charge in [0.05, 0.1) is 6.61 Å². The average Bonchev–Trinajstić information content (AvgIpc) is 2.02. The second kappa shape index (κ2) is 9.09.